The van der Waals surface area contributed by atoms with Gasteiger partial charge in [0.1, 0.15) is 5.75 Å². The molecule has 2 unspecified atom stereocenters. The van der Waals surface area contributed by atoms with E-state index in [9.17, 15) is 5.11 Å². The van der Waals surface area contributed by atoms with Crippen LogP contribution in [0.1, 0.15) is 24.8 Å². The number of hydrogen-bond donors (Lipinski definition) is 2. The van der Waals surface area contributed by atoms with Gasteiger partial charge in [0.2, 0.25) is 0 Å². The predicted molar refractivity (Wildman–Crippen MR) is 69.3 cm³/mol. The SMILES string of the molecule is NCC1CCN2c3ccc(O)cc3CCC2C1. The van der Waals surface area contributed by atoms with Crippen LogP contribution in [0.4, 0.5) is 5.69 Å². The minimum Gasteiger partial charge on any atom is -0.508 e. The molecule has 0 aromatic heterocycles. The van der Waals surface area contributed by atoms with Crippen LogP contribution in [-0.4, -0.2) is 24.2 Å². The molecule has 0 spiro atoms. The normalized spacial score (nSPS) is 27.5. The van der Waals surface area contributed by atoms with E-state index in [0.29, 0.717) is 17.7 Å². The minimum absolute atomic E-state index is 0.388. The van der Waals surface area contributed by atoms with Crippen LogP contribution in [0.25, 0.3) is 0 Å². The van der Waals surface area contributed by atoms with Gasteiger partial charge in [0.05, 0.1) is 0 Å². The van der Waals surface area contributed by atoms with Gasteiger partial charge in [0.25, 0.3) is 0 Å². The molecule has 0 radical (unpaired) electrons. The number of rotatable bonds is 1. The van der Waals surface area contributed by atoms with E-state index in [1.165, 1.54) is 30.5 Å². The zero-order valence-electron chi connectivity index (χ0n) is 10.1. The maximum absolute atomic E-state index is 9.53. The molecule has 1 saturated heterocycles. The smallest absolute Gasteiger partial charge is 0.116 e. The molecule has 1 aromatic rings. The second-order valence-corrected chi connectivity index (χ2v) is 5.33. The second-order valence-electron chi connectivity index (χ2n) is 5.33. The number of phenolic OH excluding ortho intramolecular Hbond substituents is 1. The molecule has 0 saturated carbocycles. The number of benzene rings is 1. The van der Waals surface area contributed by atoms with Gasteiger partial charge in [0.15, 0.2) is 0 Å². The van der Waals surface area contributed by atoms with Gasteiger partial charge in [-0.2, -0.15) is 0 Å². The molecule has 0 bridgehead atoms. The summed E-state index contributed by atoms with van der Waals surface area (Å²) in [5.41, 5.74) is 8.41. The first kappa shape index (κ1) is 10.9. The third-order valence-corrected chi connectivity index (χ3v) is 4.28. The van der Waals surface area contributed by atoms with Gasteiger partial charge in [-0.25, -0.2) is 0 Å². The summed E-state index contributed by atoms with van der Waals surface area (Å²) in [4.78, 5) is 2.52. The Hall–Kier alpha value is -1.22. The minimum atomic E-state index is 0.388. The van der Waals surface area contributed by atoms with Crippen molar-refractivity contribution in [3.8, 4) is 5.75 Å². The Morgan fingerprint density at radius 3 is 3.06 bits per heavy atom. The molecule has 2 atom stereocenters. The summed E-state index contributed by atoms with van der Waals surface area (Å²) >= 11 is 0. The number of phenols is 1. The topological polar surface area (TPSA) is 49.5 Å². The lowest BCUT2D eigenvalue weighted by Gasteiger charge is -2.44. The number of hydrogen-bond acceptors (Lipinski definition) is 3. The molecule has 3 nitrogen and oxygen atoms in total. The fourth-order valence-electron chi connectivity index (χ4n) is 3.31. The van der Waals surface area contributed by atoms with Crippen molar-refractivity contribution in [2.75, 3.05) is 18.0 Å². The molecule has 2 aliphatic rings. The lowest BCUT2D eigenvalue weighted by molar-refractivity contribution is 0.327. The number of anilines is 1. The molecule has 3 heteroatoms. The van der Waals surface area contributed by atoms with Crippen LogP contribution in [0.15, 0.2) is 18.2 Å². The average Bonchev–Trinajstić information content (AvgIpc) is 2.37. The van der Waals surface area contributed by atoms with Gasteiger partial charge in [-0.3, -0.25) is 0 Å². The Labute approximate surface area is 102 Å². The Morgan fingerprint density at radius 1 is 1.35 bits per heavy atom. The standard InChI is InChI=1S/C14H20N2O/c15-9-10-5-6-16-12(7-10)2-1-11-8-13(17)3-4-14(11)16/h3-4,8,10,12,17H,1-2,5-7,9,15H2. The van der Waals surface area contributed by atoms with Crippen molar-refractivity contribution in [2.45, 2.75) is 31.7 Å². The Morgan fingerprint density at radius 2 is 2.24 bits per heavy atom. The Kier molecular flexibility index (Phi) is 2.71. The molecule has 3 rings (SSSR count). The van der Waals surface area contributed by atoms with Crippen LogP contribution in [0.5, 0.6) is 5.75 Å². The quantitative estimate of drug-likeness (QED) is 0.777. The zero-order valence-corrected chi connectivity index (χ0v) is 10.1. The Bertz CT molecular complexity index is 419. The van der Waals surface area contributed by atoms with Crippen molar-refractivity contribution in [1.29, 1.82) is 0 Å². The molecule has 1 fully saturated rings. The van der Waals surface area contributed by atoms with Crippen molar-refractivity contribution in [3.63, 3.8) is 0 Å². The molecule has 0 aliphatic carbocycles. The summed E-state index contributed by atoms with van der Waals surface area (Å²) in [6.07, 6.45) is 4.72. The Balaban J connectivity index is 1.87. The van der Waals surface area contributed by atoms with E-state index < -0.39 is 0 Å². The number of nitrogens with zero attached hydrogens (tertiary/aromatic N) is 1. The van der Waals surface area contributed by atoms with Crippen LogP contribution in [-0.2, 0) is 6.42 Å². The molecular weight excluding hydrogens is 212 g/mol. The van der Waals surface area contributed by atoms with Crippen LogP contribution >= 0.6 is 0 Å². The first-order valence-electron chi connectivity index (χ1n) is 6.56. The monoisotopic (exact) mass is 232 g/mol. The van der Waals surface area contributed by atoms with E-state index in [1.54, 1.807) is 6.07 Å². The van der Waals surface area contributed by atoms with Gasteiger partial charge in [0, 0.05) is 18.3 Å². The van der Waals surface area contributed by atoms with Gasteiger partial charge < -0.3 is 15.7 Å². The summed E-state index contributed by atoms with van der Waals surface area (Å²) in [5.74, 6) is 1.09. The van der Waals surface area contributed by atoms with Gasteiger partial charge in [-0.1, -0.05) is 0 Å². The highest BCUT2D eigenvalue weighted by Crippen LogP contribution is 2.38. The van der Waals surface area contributed by atoms with Crippen LogP contribution < -0.4 is 10.6 Å². The number of aromatic hydroxyl groups is 1. The summed E-state index contributed by atoms with van der Waals surface area (Å²) in [5, 5.41) is 9.53. The first-order chi connectivity index (χ1) is 8.28. The van der Waals surface area contributed by atoms with Crippen molar-refractivity contribution in [1.82, 2.24) is 0 Å². The summed E-state index contributed by atoms with van der Waals surface area (Å²) in [7, 11) is 0. The largest absolute Gasteiger partial charge is 0.508 e. The van der Waals surface area contributed by atoms with Crippen LogP contribution in [0.2, 0.25) is 0 Å². The third-order valence-electron chi connectivity index (χ3n) is 4.28. The number of nitrogens with two attached hydrogens (primary N) is 1. The highest BCUT2D eigenvalue weighted by molar-refractivity contribution is 5.59. The van der Waals surface area contributed by atoms with E-state index in [0.717, 1.165) is 19.5 Å². The lowest BCUT2D eigenvalue weighted by atomic mass is 9.84. The number of fused-ring (bicyclic) bond motifs is 3. The maximum atomic E-state index is 9.53. The maximum Gasteiger partial charge on any atom is 0.116 e. The molecule has 0 amide bonds. The summed E-state index contributed by atoms with van der Waals surface area (Å²) in [6, 6.07) is 6.45. The molecule has 92 valence electrons. The third kappa shape index (κ3) is 1.89. The fourth-order valence-corrected chi connectivity index (χ4v) is 3.31. The average molecular weight is 232 g/mol. The van der Waals surface area contributed by atoms with Crippen molar-refractivity contribution in [2.24, 2.45) is 11.7 Å². The van der Waals surface area contributed by atoms with Crippen molar-refractivity contribution < 1.29 is 5.11 Å². The van der Waals surface area contributed by atoms with E-state index in [4.69, 9.17) is 5.73 Å². The fraction of sp³-hybridized carbons (Fsp3) is 0.571. The van der Waals surface area contributed by atoms with E-state index >= 15 is 0 Å². The predicted octanol–water partition coefficient (Wildman–Crippen LogP) is 1.88. The highest BCUT2D eigenvalue weighted by atomic mass is 16.3. The van der Waals surface area contributed by atoms with Gasteiger partial charge >= 0.3 is 0 Å². The second kappa shape index (κ2) is 4.22. The molecule has 3 N–H and O–H groups in total. The summed E-state index contributed by atoms with van der Waals surface area (Å²) < 4.78 is 0. The van der Waals surface area contributed by atoms with Crippen LogP contribution in [0.3, 0.4) is 0 Å². The molecule has 1 aromatic carbocycles. The molecule has 2 aliphatic heterocycles. The number of aryl methyl sites for hydroxylation is 1. The van der Waals surface area contributed by atoms with Crippen molar-refractivity contribution >= 4 is 5.69 Å². The van der Waals surface area contributed by atoms with Gasteiger partial charge in [-0.05, 0) is 61.9 Å². The first-order valence-corrected chi connectivity index (χ1v) is 6.56. The number of piperidine rings is 1. The van der Waals surface area contributed by atoms with Crippen LogP contribution in [0, 0.1) is 5.92 Å². The molecular formula is C14H20N2O. The molecule has 17 heavy (non-hydrogen) atoms. The van der Waals surface area contributed by atoms with Crippen molar-refractivity contribution in [3.05, 3.63) is 23.8 Å². The van der Waals surface area contributed by atoms with E-state index in [-0.39, 0.29) is 0 Å². The van der Waals surface area contributed by atoms with Gasteiger partial charge in [-0.15, -0.1) is 0 Å². The lowest BCUT2D eigenvalue weighted by Crippen LogP contribution is -2.46. The summed E-state index contributed by atoms with van der Waals surface area (Å²) in [6.45, 7) is 1.94. The van der Waals surface area contributed by atoms with E-state index in [2.05, 4.69) is 11.0 Å². The highest BCUT2D eigenvalue weighted by Gasteiger charge is 2.31. The zero-order chi connectivity index (χ0) is 11.8. The molecule has 2 heterocycles. The van der Waals surface area contributed by atoms with E-state index in [1.807, 2.05) is 6.07 Å².